The Labute approximate surface area is 213 Å². The normalized spacial score (nSPS) is 13.1. The van der Waals surface area contributed by atoms with E-state index in [1.807, 2.05) is 0 Å². The smallest absolute Gasteiger partial charge is 0.123 e. The summed E-state index contributed by atoms with van der Waals surface area (Å²) in [4.78, 5) is 0. The van der Waals surface area contributed by atoms with Gasteiger partial charge < -0.3 is 19.7 Å². The zero-order chi connectivity index (χ0) is 26.4. The van der Waals surface area contributed by atoms with Crippen LogP contribution in [0, 0.1) is 13.8 Å². The summed E-state index contributed by atoms with van der Waals surface area (Å²) in [7, 11) is 0. The Bertz CT molecular complexity index is 969. The third-order valence-electron chi connectivity index (χ3n) is 7.18. The van der Waals surface area contributed by atoms with E-state index in [0.717, 1.165) is 30.8 Å². The summed E-state index contributed by atoms with van der Waals surface area (Å²) in [5.74, 6) is 1.99. The molecule has 0 saturated carbocycles. The van der Waals surface area contributed by atoms with Gasteiger partial charge in [0, 0.05) is 11.5 Å². The number of aliphatic hydroxyl groups excluding tert-OH is 2. The van der Waals surface area contributed by atoms with Crippen molar-refractivity contribution in [3.8, 4) is 11.5 Å². The van der Waals surface area contributed by atoms with E-state index in [1.165, 1.54) is 33.4 Å². The van der Waals surface area contributed by atoms with Gasteiger partial charge in [-0.3, -0.25) is 0 Å². The quantitative estimate of drug-likeness (QED) is 0.342. The maximum absolute atomic E-state index is 9.36. The number of hydrogen-bond donors (Lipinski definition) is 2. The summed E-state index contributed by atoms with van der Waals surface area (Å²) in [5.41, 5.74) is 7.33. The van der Waals surface area contributed by atoms with E-state index in [1.54, 1.807) is 0 Å². The highest BCUT2D eigenvalue weighted by Crippen LogP contribution is 2.43. The number of aryl methyl sites for hydroxylation is 2. The molecule has 0 amide bonds. The molecule has 1 unspecified atom stereocenters. The molecule has 0 aliphatic rings. The van der Waals surface area contributed by atoms with Crippen LogP contribution in [0.1, 0.15) is 107 Å². The Balaban J connectivity index is 2.75. The van der Waals surface area contributed by atoms with E-state index in [-0.39, 0.29) is 30.0 Å². The third kappa shape index (κ3) is 7.01. The molecule has 0 aliphatic heterocycles. The SMILES string of the molecule is CCCC(c1cc(C(C)(C)C)c(OCCO)cc1C)c1cc(C(C)(C)CC)c(OCCO)cc1C. The fourth-order valence-corrected chi connectivity index (χ4v) is 4.77. The number of hydrogen-bond acceptors (Lipinski definition) is 4. The molecule has 0 fully saturated rings. The zero-order valence-electron chi connectivity index (χ0n) is 23.5. The predicted octanol–water partition coefficient (Wildman–Crippen LogP) is 6.96. The van der Waals surface area contributed by atoms with Gasteiger partial charge in [-0.25, -0.2) is 0 Å². The standard InChI is InChI=1S/C31H48O4/c1-10-12-23(24-19-26(30(5,6)7)28(17-21(24)3)34-15-13-32)25-20-27(31(8,9)11-2)29(18-22(25)4)35-16-14-33/h17-20,23,32-33H,10-16H2,1-9H3. The van der Waals surface area contributed by atoms with Crippen molar-refractivity contribution in [2.75, 3.05) is 26.4 Å². The molecule has 1 atom stereocenters. The summed E-state index contributed by atoms with van der Waals surface area (Å²) in [5, 5.41) is 18.7. The molecule has 2 rings (SSSR count). The third-order valence-corrected chi connectivity index (χ3v) is 7.18. The molecular formula is C31H48O4. The van der Waals surface area contributed by atoms with E-state index in [4.69, 9.17) is 9.47 Å². The first-order valence-corrected chi connectivity index (χ1v) is 13.2. The fraction of sp³-hybridized carbons (Fsp3) is 0.613. The highest BCUT2D eigenvalue weighted by atomic mass is 16.5. The van der Waals surface area contributed by atoms with Crippen molar-refractivity contribution < 1.29 is 19.7 Å². The van der Waals surface area contributed by atoms with Crippen molar-refractivity contribution in [1.29, 1.82) is 0 Å². The summed E-state index contributed by atoms with van der Waals surface area (Å²) < 4.78 is 12.0. The molecule has 0 aromatic heterocycles. The monoisotopic (exact) mass is 484 g/mol. The minimum atomic E-state index is -0.0869. The number of rotatable bonds is 12. The summed E-state index contributed by atoms with van der Waals surface area (Å²) >= 11 is 0. The van der Waals surface area contributed by atoms with Crippen molar-refractivity contribution >= 4 is 0 Å². The van der Waals surface area contributed by atoms with Gasteiger partial charge in [0.15, 0.2) is 0 Å². The van der Waals surface area contributed by atoms with Gasteiger partial charge >= 0.3 is 0 Å². The van der Waals surface area contributed by atoms with E-state index < -0.39 is 0 Å². The second-order valence-electron chi connectivity index (χ2n) is 11.4. The lowest BCUT2D eigenvalue weighted by Crippen LogP contribution is -2.20. The van der Waals surface area contributed by atoms with Crippen LogP contribution in [0.5, 0.6) is 11.5 Å². The molecule has 2 aromatic carbocycles. The molecule has 2 N–H and O–H groups in total. The Kier molecular flexibility index (Phi) is 10.2. The largest absolute Gasteiger partial charge is 0.491 e. The predicted molar refractivity (Wildman–Crippen MR) is 146 cm³/mol. The summed E-state index contributed by atoms with van der Waals surface area (Å²) in [6.45, 7) is 20.6. The Morgan fingerprint density at radius 1 is 0.743 bits per heavy atom. The Morgan fingerprint density at radius 3 is 1.60 bits per heavy atom. The first-order chi connectivity index (χ1) is 16.4. The number of benzene rings is 2. The molecule has 196 valence electrons. The van der Waals surface area contributed by atoms with Gasteiger partial charge in [-0.15, -0.1) is 0 Å². The van der Waals surface area contributed by atoms with Gasteiger partial charge in [0.2, 0.25) is 0 Å². The maximum atomic E-state index is 9.36. The van der Waals surface area contributed by atoms with E-state index in [9.17, 15) is 10.2 Å². The fourth-order valence-electron chi connectivity index (χ4n) is 4.77. The number of ether oxygens (including phenoxy) is 2. The van der Waals surface area contributed by atoms with Crippen LogP contribution in [-0.2, 0) is 10.8 Å². The molecule has 0 bridgehead atoms. The molecular weight excluding hydrogens is 436 g/mol. The zero-order valence-corrected chi connectivity index (χ0v) is 23.5. The Morgan fingerprint density at radius 2 is 1.20 bits per heavy atom. The molecule has 0 heterocycles. The lowest BCUT2D eigenvalue weighted by molar-refractivity contribution is 0.198. The Hall–Kier alpha value is -2.04. The van der Waals surface area contributed by atoms with Crippen molar-refractivity contribution in [2.45, 2.75) is 98.3 Å². The van der Waals surface area contributed by atoms with Crippen molar-refractivity contribution in [3.05, 3.63) is 57.6 Å². The minimum Gasteiger partial charge on any atom is -0.491 e. The minimum absolute atomic E-state index is 0.00271. The molecule has 0 spiro atoms. The lowest BCUT2D eigenvalue weighted by Gasteiger charge is -2.31. The second-order valence-corrected chi connectivity index (χ2v) is 11.4. The van der Waals surface area contributed by atoms with Crippen molar-refractivity contribution in [2.24, 2.45) is 0 Å². The van der Waals surface area contributed by atoms with Crippen LogP contribution in [0.25, 0.3) is 0 Å². The van der Waals surface area contributed by atoms with Crippen LogP contribution in [0.2, 0.25) is 0 Å². The molecule has 2 aromatic rings. The van der Waals surface area contributed by atoms with Gasteiger partial charge in [-0.05, 0) is 77.5 Å². The van der Waals surface area contributed by atoms with Crippen LogP contribution < -0.4 is 9.47 Å². The maximum Gasteiger partial charge on any atom is 0.123 e. The van der Waals surface area contributed by atoms with E-state index >= 15 is 0 Å². The van der Waals surface area contributed by atoms with Crippen molar-refractivity contribution in [3.63, 3.8) is 0 Å². The van der Waals surface area contributed by atoms with E-state index in [2.05, 4.69) is 86.6 Å². The van der Waals surface area contributed by atoms with Crippen LogP contribution in [0.4, 0.5) is 0 Å². The van der Waals surface area contributed by atoms with Gasteiger partial charge in [0.25, 0.3) is 0 Å². The number of aliphatic hydroxyl groups is 2. The average Bonchev–Trinajstić information content (AvgIpc) is 2.79. The highest BCUT2D eigenvalue weighted by Gasteiger charge is 2.28. The lowest BCUT2D eigenvalue weighted by atomic mass is 9.75. The van der Waals surface area contributed by atoms with Gasteiger partial charge in [-0.2, -0.15) is 0 Å². The molecule has 35 heavy (non-hydrogen) atoms. The van der Waals surface area contributed by atoms with Crippen LogP contribution in [0.3, 0.4) is 0 Å². The van der Waals surface area contributed by atoms with Gasteiger partial charge in [0.05, 0.1) is 13.2 Å². The molecule has 0 aliphatic carbocycles. The molecule has 4 nitrogen and oxygen atoms in total. The molecule has 0 saturated heterocycles. The van der Waals surface area contributed by atoms with Gasteiger partial charge in [-0.1, -0.05) is 67.0 Å². The van der Waals surface area contributed by atoms with E-state index in [0.29, 0.717) is 13.2 Å². The van der Waals surface area contributed by atoms with Crippen molar-refractivity contribution in [1.82, 2.24) is 0 Å². The topological polar surface area (TPSA) is 58.9 Å². The average molecular weight is 485 g/mol. The summed E-state index contributed by atoms with van der Waals surface area (Å²) in [6.07, 6.45) is 3.12. The van der Waals surface area contributed by atoms with Crippen LogP contribution in [-0.4, -0.2) is 36.6 Å². The van der Waals surface area contributed by atoms with Crippen LogP contribution >= 0.6 is 0 Å². The van der Waals surface area contributed by atoms with Gasteiger partial charge in [0.1, 0.15) is 24.7 Å². The first kappa shape index (κ1) is 29.2. The highest BCUT2D eigenvalue weighted by molar-refractivity contribution is 5.53. The second kappa shape index (κ2) is 12.3. The molecule has 4 heteroatoms. The van der Waals surface area contributed by atoms with Crippen LogP contribution in [0.15, 0.2) is 24.3 Å². The summed E-state index contributed by atoms with van der Waals surface area (Å²) in [6, 6.07) is 9.01. The first-order valence-electron chi connectivity index (χ1n) is 13.2. The molecule has 0 radical (unpaired) electrons.